The van der Waals surface area contributed by atoms with Gasteiger partial charge in [-0.15, -0.1) is 0 Å². The quantitative estimate of drug-likeness (QED) is 0.680. The highest BCUT2D eigenvalue weighted by Gasteiger charge is 2.19. The molecule has 1 aliphatic heterocycles. The summed E-state index contributed by atoms with van der Waals surface area (Å²) in [5.74, 6) is 2.46. The third-order valence-corrected chi connectivity index (χ3v) is 4.05. The summed E-state index contributed by atoms with van der Waals surface area (Å²) in [7, 11) is 0. The summed E-state index contributed by atoms with van der Waals surface area (Å²) in [5.41, 5.74) is 3.19. The van der Waals surface area contributed by atoms with E-state index in [9.17, 15) is 0 Å². The minimum atomic E-state index is 0.282. The number of aromatic nitrogens is 2. The lowest BCUT2D eigenvalue weighted by atomic mass is 10.1. The highest BCUT2D eigenvalue weighted by atomic mass is 79.9. The highest BCUT2D eigenvalue weighted by Crippen LogP contribution is 2.38. The first kappa shape index (κ1) is 11.8. The van der Waals surface area contributed by atoms with E-state index in [2.05, 4.69) is 32.2 Å². The average Bonchev–Trinajstić information content (AvgIpc) is 3.03. The Bertz CT molecular complexity index is 826. The number of ether oxygens (including phenoxy) is 2. The number of aryl methyl sites for hydroxylation is 1. The molecule has 0 atom stereocenters. The van der Waals surface area contributed by atoms with Crippen LogP contribution in [0.5, 0.6) is 11.5 Å². The second-order valence-corrected chi connectivity index (χ2v) is 5.45. The lowest BCUT2D eigenvalue weighted by Crippen LogP contribution is -1.93. The average molecular weight is 331 g/mol. The van der Waals surface area contributed by atoms with E-state index in [0.29, 0.717) is 0 Å². The van der Waals surface area contributed by atoms with Crippen molar-refractivity contribution in [1.82, 2.24) is 9.38 Å². The molecule has 0 fully saturated rings. The van der Waals surface area contributed by atoms with E-state index in [1.165, 1.54) is 0 Å². The van der Waals surface area contributed by atoms with Gasteiger partial charge in [0.05, 0.1) is 5.52 Å². The van der Waals surface area contributed by atoms with Crippen molar-refractivity contribution >= 4 is 21.4 Å². The number of fused-ring (bicyclic) bond motifs is 2. The largest absolute Gasteiger partial charge is 0.454 e. The van der Waals surface area contributed by atoms with Gasteiger partial charge in [-0.2, -0.15) is 0 Å². The lowest BCUT2D eigenvalue weighted by molar-refractivity contribution is 0.174. The first-order chi connectivity index (χ1) is 9.74. The van der Waals surface area contributed by atoms with Crippen LogP contribution in [0.1, 0.15) is 5.56 Å². The molecule has 0 N–H and O–H groups in total. The number of hydrogen-bond donors (Lipinski definition) is 0. The minimum Gasteiger partial charge on any atom is -0.454 e. The fourth-order valence-corrected chi connectivity index (χ4v) is 2.97. The second-order valence-electron chi connectivity index (χ2n) is 4.70. The summed E-state index contributed by atoms with van der Waals surface area (Å²) in [6, 6.07) is 10.0. The van der Waals surface area contributed by atoms with Gasteiger partial charge in [-0.25, -0.2) is 4.98 Å². The predicted molar refractivity (Wildman–Crippen MR) is 79.2 cm³/mol. The summed E-state index contributed by atoms with van der Waals surface area (Å²) in [6.45, 7) is 2.33. The third-order valence-electron chi connectivity index (χ3n) is 3.46. The number of benzene rings is 1. The van der Waals surface area contributed by atoms with E-state index in [4.69, 9.17) is 9.47 Å². The molecule has 3 aromatic rings. The second kappa shape index (κ2) is 4.24. The zero-order valence-corrected chi connectivity index (χ0v) is 12.3. The van der Waals surface area contributed by atoms with Gasteiger partial charge in [-0.1, -0.05) is 6.07 Å². The normalized spacial score (nSPS) is 13.1. The molecule has 0 spiro atoms. The lowest BCUT2D eigenvalue weighted by Gasteiger charge is -2.06. The van der Waals surface area contributed by atoms with Gasteiger partial charge in [-0.3, -0.25) is 4.40 Å². The van der Waals surface area contributed by atoms with Crippen molar-refractivity contribution in [3.05, 3.63) is 46.7 Å². The Hall–Kier alpha value is -2.01. The van der Waals surface area contributed by atoms with E-state index in [0.717, 1.165) is 38.6 Å². The van der Waals surface area contributed by atoms with Crippen molar-refractivity contribution in [3.8, 4) is 22.9 Å². The maximum absolute atomic E-state index is 5.46. The van der Waals surface area contributed by atoms with Crippen molar-refractivity contribution in [2.75, 3.05) is 6.79 Å². The number of hydrogen-bond acceptors (Lipinski definition) is 3. The third kappa shape index (κ3) is 1.63. The Morgan fingerprint density at radius 2 is 2.00 bits per heavy atom. The highest BCUT2D eigenvalue weighted by molar-refractivity contribution is 9.10. The standard InChI is InChI=1S/C15H11BrN2O2/c1-9-6-12-13(20-8-19-12)7-10(9)15-17-14(16)11-4-2-3-5-18(11)15/h2-7H,8H2,1H3. The van der Waals surface area contributed by atoms with E-state index in [-0.39, 0.29) is 6.79 Å². The van der Waals surface area contributed by atoms with Crippen LogP contribution in [-0.4, -0.2) is 16.2 Å². The van der Waals surface area contributed by atoms with Gasteiger partial charge in [-0.05, 0) is 52.7 Å². The molecule has 0 aliphatic carbocycles. The van der Waals surface area contributed by atoms with Crippen LogP contribution in [0.2, 0.25) is 0 Å². The molecule has 1 aliphatic rings. The Kier molecular flexibility index (Phi) is 2.50. The Morgan fingerprint density at radius 3 is 2.85 bits per heavy atom. The Balaban J connectivity index is 2.00. The molecule has 1 aromatic carbocycles. The van der Waals surface area contributed by atoms with E-state index >= 15 is 0 Å². The Morgan fingerprint density at radius 1 is 1.20 bits per heavy atom. The van der Waals surface area contributed by atoms with Crippen LogP contribution >= 0.6 is 15.9 Å². The fraction of sp³-hybridized carbons (Fsp3) is 0.133. The van der Waals surface area contributed by atoms with Crippen LogP contribution in [0.15, 0.2) is 41.1 Å². The molecule has 0 amide bonds. The number of imidazole rings is 1. The van der Waals surface area contributed by atoms with Crippen LogP contribution in [0.3, 0.4) is 0 Å². The van der Waals surface area contributed by atoms with Gasteiger partial charge in [0, 0.05) is 11.8 Å². The summed E-state index contributed by atoms with van der Waals surface area (Å²) in [5, 5.41) is 0. The zero-order chi connectivity index (χ0) is 13.7. The van der Waals surface area contributed by atoms with E-state index in [1.54, 1.807) is 0 Å². The Labute approximate surface area is 124 Å². The number of rotatable bonds is 1. The van der Waals surface area contributed by atoms with Gasteiger partial charge >= 0.3 is 0 Å². The molecular weight excluding hydrogens is 320 g/mol. The fourth-order valence-electron chi connectivity index (χ4n) is 2.47. The summed E-state index contributed by atoms with van der Waals surface area (Å²) in [4.78, 5) is 4.63. The molecule has 2 aromatic heterocycles. The van der Waals surface area contributed by atoms with Crippen LogP contribution in [0, 0.1) is 6.92 Å². The van der Waals surface area contributed by atoms with Crippen molar-refractivity contribution in [2.24, 2.45) is 0 Å². The number of nitrogens with zero attached hydrogens (tertiary/aromatic N) is 2. The monoisotopic (exact) mass is 330 g/mol. The van der Waals surface area contributed by atoms with Gasteiger partial charge < -0.3 is 9.47 Å². The van der Waals surface area contributed by atoms with Gasteiger partial charge in [0.25, 0.3) is 0 Å². The molecule has 0 bridgehead atoms. The molecule has 0 saturated heterocycles. The van der Waals surface area contributed by atoms with Crippen LogP contribution in [0.4, 0.5) is 0 Å². The van der Waals surface area contributed by atoms with E-state index in [1.807, 2.05) is 36.5 Å². The maximum atomic E-state index is 5.46. The number of halogens is 1. The smallest absolute Gasteiger partial charge is 0.231 e. The van der Waals surface area contributed by atoms with Crippen molar-refractivity contribution in [3.63, 3.8) is 0 Å². The van der Waals surface area contributed by atoms with Gasteiger partial charge in [0.15, 0.2) is 11.5 Å². The molecule has 0 unspecified atom stereocenters. The van der Waals surface area contributed by atoms with Crippen LogP contribution in [0.25, 0.3) is 16.9 Å². The summed E-state index contributed by atoms with van der Waals surface area (Å²) >= 11 is 3.51. The zero-order valence-electron chi connectivity index (χ0n) is 10.8. The van der Waals surface area contributed by atoms with Crippen LogP contribution in [-0.2, 0) is 0 Å². The molecule has 0 radical (unpaired) electrons. The molecule has 4 nitrogen and oxygen atoms in total. The molecule has 0 saturated carbocycles. The number of pyridine rings is 1. The molecule has 5 heteroatoms. The topological polar surface area (TPSA) is 35.8 Å². The maximum Gasteiger partial charge on any atom is 0.231 e. The van der Waals surface area contributed by atoms with Crippen LogP contribution < -0.4 is 9.47 Å². The molecule has 100 valence electrons. The van der Waals surface area contributed by atoms with Crippen molar-refractivity contribution in [1.29, 1.82) is 0 Å². The first-order valence-electron chi connectivity index (χ1n) is 6.27. The predicted octanol–water partition coefficient (Wildman–Crippen LogP) is 3.80. The molecule has 20 heavy (non-hydrogen) atoms. The molecule has 3 heterocycles. The summed E-state index contributed by atoms with van der Waals surface area (Å²) < 4.78 is 13.8. The minimum absolute atomic E-state index is 0.282. The molecular formula is C15H11BrN2O2. The van der Waals surface area contributed by atoms with Gasteiger partial charge in [0.1, 0.15) is 10.4 Å². The first-order valence-corrected chi connectivity index (χ1v) is 7.06. The van der Waals surface area contributed by atoms with Gasteiger partial charge in [0.2, 0.25) is 6.79 Å². The summed E-state index contributed by atoms with van der Waals surface area (Å²) in [6.07, 6.45) is 2.01. The van der Waals surface area contributed by atoms with E-state index < -0.39 is 0 Å². The SMILES string of the molecule is Cc1cc2c(cc1-c1nc(Br)c3ccccn13)OCO2. The van der Waals surface area contributed by atoms with Crippen molar-refractivity contribution < 1.29 is 9.47 Å². The van der Waals surface area contributed by atoms with Crippen molar-refractivity contribution in [2.45, 2.75) is 6.92 Å². The molecule has 4 rings (SSSR count).